The van der Waals surface area contributed by atoms with E-state index in [9.17, 15) is 16.8 Å². The van der Waals surface area contributed by atoms with Crippen LogP contribution in [0.5, 0.6) is 0 Å². The first-order valence-electron chi connectivity index (χ1n) is 5.46. The van der Waals surface area contributed by atoms with Crippen molar-refractivity contribution in [3.8, 4) is 0 Å². The predicted molar refractivity (Wildman–Crippen MR) is 64.0 cm³/mol. The zero-order valence-corrected chi connectivity index (χ0v) is 11.1. The number of hydrogen-bond donors (Lipinski definition) is 1. The second-order valence-corrected chi connectivity index (χ2v) is 8.93. The number of nitrogens with one attached hydrogen (secondary N) is 1. The van der Waals surface area contributed by atoms with E-state index in [2.05, 4.69) is 5.32 Å². The van der Waals surface area contributed by atoms with E-state index in [0.29, 0.717) is 0 Å². The lowest BCUT2D eigenvalue weighted by atomic mass is 10.1. The lowest BCUT2D eigenvalue weighted by Crippen LogP contribution is -2.45. The fourth-order valence-corrected chi connectivity index (χ4v) is 4.31. The van der Waals surface area contributed by atoms with Gasteiger partial charge < -0.3 is 5.32 Å². The van der Waals surface area contributed by atoms with Crippen LogP contribution < -0.4 is 5.32 Å². The van der Waals surface area contributed by atoms with Crippen LogP contribution in [-0.2, 0) is 19.7 Å². The van der Waals surface area contributed by atoms with Crippen LogP contribution in [-0.4, -0.2) is 52.9 Å². The van der Waals surface area contributed by atoms with Crippen molar-refractivity contribution >= 4 is 19.7 Å². The molecule has 96 valence electrons. The smallest absolute Gasteiger partial charge is 0.150 e. The molecule has 0 bridgehead atoms. The Hall–Kier alpha value is -0.140. The summed E-state index contributed by atoms with van der Waals surface area (Å²) in [6.45, 7) is 3.09. The van der Waals surface area contributed by atoms with Gasteiger partial charge in [-0.3, -0.25) is 0 Å². The molecule has 1 rings (SSSR count). The molecule has 1 aliphatic heterocycles. The summed E-state index contributed by atoms with van der Waals surface area (Å²) >= 11 is 0. The molecule has 0 aromatic heterocycles. The number of rotatable bonds is 7. The predicted octanol–water partition coefficient (Wildman–Crippen LogP) is -0.555. The second kappa shape index (κ2) is 5.46. The van der Waals surface area contributed by atoms with Gasteiger partial charge in [0.2, 0.25) is 0 Å². The normalized spacial score (nSPS) is 18.3. The highest BCUT2D eigenvalue weighted by Gasteiger charge is 2.24. The summed E-state index contributed by atoms with van der Waals surface area (Å²) in [5.41, 5.74) is 0. The third kappa shape index (κ3) is 4.80. The van der Waals surface area contributed by atoms with Crippen molar-refractivity contribution in [1.82, 2.24) is 5.32 Å². The van der Waals surface area contributed by atoms with E-state index >= 15 is 0 Å². The van der Waals surface area contributed by atoms with Gasteiger partial charge in [-0.2, -0.15) is 0 Å². The Balaban J connectivity index is 2.30. The van der Waals surface area contributed by atoms with Crippen molar-refractivity contribution in [2.75, 3.05) is 36.1 Å². The Bertz CT molecular complexity index is 409. The Morgan fingerprint density at radius 3 is 2.06 bits per heavy atom. The molecule has 0 aromatic carbocycles. The summed E-state index contributed by atoms with van der Waals surface area (Å²) in [6.07, 6.45) is 0.221. The van der Waals surface area contributed by atoms with Gasteiger partial charge in [-0.25, -0.2) is 16.8 Å². The third-order valence-corrected chi connectivity index (χ3v) is 6.39. The molecule has 16 heavy (non-hydrogen) atoms. The van der Waals surface area contributed by atoms with Crippen molar-refractivity contribution in [3.05, 3.63) is 0 Å². The summed E-state index contributed by atoms with van der Waals surface area (Å²) in [5.74, 6) is 0.452. The molecule has 0 aliphatic carbocycles. The molecule has 0 atom stereocenters. The summed E-state index contributed by atoms with van der Waals surface area (Å²) in [7, 11) is -6.12. The molecule has 0 spiro atoms. The molecule has 7 heteroatoms. The molecular formula is C9H19NO4S2. The van der Waals surface area contributed by atoms with Gasteiger partial charge >= 0.3 is 0 Å². The van der Waals surface area contributed by atoms with Crippen LogP contribution in [0.1, 0.15) is 13.3 Å². The van der Waals surface area contributed by atoms with E-state index in [1.165, 1.54) is 0 Å². The summed E-state index contributed by atoms with van der Waals surface area (Å²) in [5, 5.41) is 3.01. The molecule has 1 N–H and O–H groups in total. The Morgan fingerprint density at radius 2 is 1.62 bits per heavy atom. The maximum atomic E-state index is 11.6. The minimum Gasteiger partial charge on any atom is -0.316 e. The maximum absolute atomic E-state index is 11.6. The van der Waals surface area contributed by atoms with Gasteiger partial charge in [-0.1, -0.05) is 6.92 Å². The Morgan fingerprint density at radius 1 is 1.06 bits per heavy atom. The molecular weight excluding hydrogens is 250 g/mol. The third-order valence-electron chi connectivity index (χ3n) is 2.71. The second-order valence-electron chi connectivity index (χ2n) is 4.23. The topological polar surface area (TPSA) is 80.3 Å². The molecule has 5 nitrogen and oxygen atoms in total. The highest BCUT2D eigenvalue weighted by atomic mass is 32.2. The highest BCUT2D eigenvalue weighted by Crippen LogP contribution is 2.09. The lowest BCUT2D eigenvalue weighted by molar-refractivity contribution is 0.378. The van der Waals surface area contributed by atoms with Crippen molar-refractivity contribution in [2.45, 2.75) is 13.3 Å². The van der Waals surface area contributed by atoms with Crippen LogP contribution in [0.15, 0.2) is 0 Å². The minimum atomic E-state index is -3.08. The molecule has 1 saturated heterocycles. The average Bonchev–Trinajstić information content (AvgIpc) is 2.11. The van der Waals surface area contributed by atoms with Gasteiger partial charge in [0.25, 0.3) is 0 Å². The highest BCUT2D eigenvalue weighted by molar-refractivity contribution is 7.92. The minimum absolute atomic E-state index is 0.0112. The first-order chi connectivity index (χ1) is 7.35. The van der Waals surface area contributed by atoms with E-state index in [1.54, 1.807) is 6.92 Å². The van der Waals surface area contributed by atoms with Crippen molar-refractivity contribution < 1.29 is 16.8 Å². The molecule has 1 heterocycles. The van der Waals surface area contributed by atoms with Crippen LogP contribution in [0.4, 0.5) is 0 Å². The molecule has 1 aliphatic rings. The van der Waals surface area contributed by atoms with Gasteiger partial charge in [0.05, 0.1) is 17.3 Å². The van der Waals surface area contributed by atoms with E-state index in [4.69, 9.17) is 0 Å². The van der Waals surface area contributed by atoms with Crippen molar-refractivity contribution in [3.63, 3.8) is 0 Å². The standard InChI is InChI=1S/C9H19NO4S2/c1-2-15(11,12)4-3-5-16(13,14)8-9-6-10-7-9/h9-10H,2-8H2,1H3. The molecule has 0 unspecified atom stereocenters. The first kappa shape index (κ1) is 13.9. The number of hydrogen-bond acceptors (Lipinski definition) is 5. The van der Waals surface area contributed by atoms with Gasteiger partial charge in [-0.15, -0.1) is 0 Å². The van der Waals surface area contributed by atoms with E-state index in [-0.39, 0.29) is 35.4 Å². The Kier molecular flexibility index (Phi) is 4.75. The van der Waals surface area contributed by atoms with Gasteiger partial charge in [-0.05, 0) is 12.3 Å². The van der Waals surface area contributed by atoms with Crippen molar-refractivity contribution in [1.29, 1.82) is 0 Å². The van der Waals surface area contributed by atoms with E-state index in [1.807, 2.05) is 0 Å². The van der Waals surface area contributed by atoms with Crippen LogP contribution >= 0.6 is 0 Å². The zero-order valence-electron chi connectivity index (χ0n) is 9.48. The number of sulfone groups is 2. The molecule has 0 saturated carbocycles. The molecule has 1 fully saturated rings. The summed E-state index contributed by atoms with van der Waals surface area (Å²) in [4.78, 5) is 0. The van der Waals surface area contributed by atoms with Crippen LogP contribution in [0.3, 0.4) is 0 Å². The fourth-order valence-electron chi connectivity index (χ4n) is 1.55. The van der Waals surface area contributed by atoms with Crippen LogP contribution in [0, 0.1) is 5.92 Å². The van der Waals surface area contributed by atoms with Gasteiger partial charge in [0.1, 0.15) is 9.84 Å². The largest absolute Gasteiger partial charge is 0.316 e. The average molecular weight is 269 g/mol. The van der Waals surface area contributed by atoms with E-state index in [0.717, 1.165) is 13.1 Å². The summed E-state index contributed by atoms with van der Waals surface area (Å²) in [6, 6.07) is 0. The molecule has 0 aromatic rings. The van der Waals surface area contributed by atoms with Crippen molar-refractivity contribution in [2.24, 2.45) is 5.92 Å². The molecule has 0 radical (unpaired) electrons. The SMILES string of the molecule is CCS(=O)(=O)CCCS(=O)(=O)CC1CNC1. The quantitative estimate of drug-likeness (QED) is 0.670. The molecule has 0 amide bonds. The lowest BCUT2D eigenvalue weighted by Gasteiger charge is -2.26. The maximum Gasteiger partial charge on any atom is 0.150 e. The van der Waals surface area contributed by atoms with Crippen LogP contribution in [0.25, 0.3) is 0 Å². The monoisotopic (exact) mass is 269 g/mol. The zero-order chi connectivity index (χ0) is 12.2. The van der Waals surface area contributed by atoms with Crippen LogP contribution in [0.2, 0.25) is 0 Å². The Labute approximate surface area is 97.5 Å². The van der Waals surface area contributed by atoms with Gasteiger partial charge in [0.15, 0.2) is 9.84 Å². The summed E-state index contributed by atoms with van der Waals surface area (Å²) < 4.78 is 45.5. The first-order valence-corrected chi connectivity index (χ1v) is 9.10. The van der Waals surface area contributed by atoms with Gasteiger partial charge in [0, 0.05) is 18.8 Å². The van der Waals surface area contributed by atoms with E-state index < -0.39 is 19.7 Å². The fraction of sp³-hybridized carbons (Fsp3) is 1.00.